The predicted octanol–water partition coefficient (Wildman–Crippen LogP) is 5.94. The van der Waals surface area contributed by atoms with Crippen molar-refractivity contribution in [2.45, 2.75) is 51.3 Å². The van der Waals surface area contributed by atoms with Crippen LogP contribution in [0.4, 0.5) is 0 Å². The summed E-state index contributed by atoms with van der Waals surface area (Å²) in [6, 6.07) is 8.97. The normalized spacial score (nSPS) is 14.8. The molecule has 1 fully saturated rings. The van der Waals surface area contributed by atoms with Crippen molar-refractivity contribution in [3.8, 4) is 11.5 Å². The molecular formula is C19H25BrClNO2S. The first-order chi connectivity index (χ1) is 11.8. The average molecular weight is 447 g/mol. The van der Waals surface area contributed by atoms with Crippen molar-refractivity contribution >= 4 is 39.7 Å². The quantitative estimate of drug-likeness (QED) is 0.570. The maximum absolute atomic E-state index is 5.97. The first-order valence-corrected chi connectivity index (χ1v) is 10.2. The van der Waals surface area contributed by atoms with Crippen LogP contribution in [0.15, 0.2) is 34.1 Å². The van der Waals surface area contributed by atoms with Gasteiger partial charge in [0.05, 0.1) is 11.6 Å². The van der Waals surface area contributed by atoms with Crippen LogP contribution in [0.2, 0.25) is 0 Å². The summed E-state index contributed by atoms with van der Waals surface area (Å²) in [5.41, 5.74) is 1.22. The SMILES string of the molecule is COc1cc(CNC2CCCCC2)cc(Br)c1OCc1cccs1.Cl. The van der Waals surface area contributed by atoms with Crippen molar-refractivity contribution in [3.63, 3.8) is 0 Å². The fourth-order valence-corrected chi connectivity index (χ4v) is 4.34. The van der Waals surface area contributed by atoms with Gasteiger partial charge in [-0.3, -0.25) is 0 Å². The van der Waals surface area contributed by atoms with Crippen LogP contribution in [-0.4, -0.2) is 13.2 Å². The molecule has 1 aromatic carbocycles. The first kappa shape index (κ1) is 20.6. The lowest BCUT2D eigenvalue weighted by Crippen LogP contribution is -2.30. The number of rotatable bonds is 7. The van der Waals surface area contributed by atoms with Crippen LogP contribution in [-0.2, 0) is 13.2 Å². The number of hydrogen-bond acceptors (Lipinski definition) is 4. The maximum atomic E-state index is 5.97. The van der Waals surface area contributed by atoms with E-state index in [0.717, 1.165) is 22.5 Å². The molecule has 0 bridgehead atoms. The van der Waals surface area contributed by atoms with Crippen molar-refractivity contribution in [2.24, 2.45) is 0 Å². The molecule has 138 valence electrons. The summed E-state index contributed by atoms with van der Waals surface area (Å²) in [5, 5.41) is 5.74. The number of methoxy groups -OCH3 is 1. The van der Waals surface area contributed by atoms with E-state index in [1.165, 1.54) is 42.5 Å². The number of thiophene rings is 1. The van der Waals surface area contributed by atoms with Gasteiger partial charge in [0.25, 0.3) is 0 Å². The Balaban J connectivity index is 0.00000225. The lowest BCUT2D eigenvalue weighted by Gasteiger charge is -2.23. The fraction of sp³-hybridized carbons (Fsp3) is 0.474. The van der Waals surface area contributed by atoms with Gasteiger partial charge in [-0.05, 0) is 57.9 Å². The highest BCUT2D eigenvalue weighted by Gasteiger charge is 2.15. The van der Waals surface area contributed by atoms with E-state index in [2.05, 4.69) is 44.8 Å². The summed E-state index contributed by atoms with van der Waals surface area (Å²) < 4.78 is 12.5. The lowest BCUT2D eigenvalue weighted by molar-refractivity contribution is 0.285. The Hall–Kier alpha value is -0.750. The molecule has 1 saturated carbocycles. The van der Waals surface area contributed by atoms with E-state index in [1.54, 1.807) is 18.4 Å². The summed E-state index contributed by atoms with van der Waals surface area (Å²) in [7, 11) is 1.69. The first-order valence-electron chi connectivity index (χ1n) is 8.51. The van der Waals surface area contributed by atoms with Crippen LogP contribution in [0.1, 0.15) is 42.5 Å². The van der Waals surface area contributed by atoms with Crippen LogP contribution in [0.3, 0.4) is 0 Å². The van der Waals surface area contributed by atoms with E-state index in [4.69, 9.17) is 9.47 Å². The minimum absolute atomic E-state index is 0. The van der Waals surface area contributed by atoms with Gasteiger partial charge in [0, 0.05) is 17.5 Å². The molecule has 6 heteroatoms. The summed E-state index contributed by atoms with van der Waals surface area (Å²) >= 11 is 5.34. The second-order valence-electron chi connectivity index (χ2n) is 6.19. The molecule has 25 heavy (non-hydrogen) atoms. The molecule has 1 heterocycles. The summed E-state index contributed by atoms with van der Waals surface area (Å²) in [5.74, 6) is 1.55. The maximum Gasteiger partial charge on any atom is 0.175 e. The summed E-state index contributed by atoms with van der Waals surface area (Å²) in [6.07, 6.45) is 6.66. The third-order valence-electron chi connectivity index (χ3n) is 4.43. The number of halogens is 2. The second-order valence-corrected chi connectivity index (χ2v) is 8.08. The Morgan fingerprint density at radius 3 is 2.72 bits per heavy atom. The number of ether oxygens (including phenoxy) is 2. The van der Waals surface area contributed by atoms with E-state index in [0.29, 0.717) is 12.6 Å². The van der Waals surface area contributed by atoms with Gasteiger partial charge < -0.3 is 14.8 Å². The molecule has 2 aromatic rings. The van der Waals surface area contributed by atoms with Crippen LogP contribution in [0, 0.1) is 0 Å². The van der Waals surface area contributed by atoms with Crippen LogP contribution in [0.25, 0.3) is 0 Å². The van der Waals surface area contributed by atoms with Gasteiger partial charge in [0.2, 0.25) is 0 Å². The second kappa shape index (κ2) is 10.4. The van der Waals surface area contributed by atoms with Crippen molar-refractivity contribution in [3.05, 3.63) is 44.6 Å². The third-order valence-corrected chi connectivity index (χ3v) is 5.87. The van der Waals surface area contributed by atoms with Crippen LogP contribution < -0.4 is 14.8 Å². The van der Waals surface area contributed by atoms with Gasteiger partial charge in [0.1, 0.15) is 6.61 Å². The van der Waals surface area contributed by atoms with E-state index >= 15 is 0 Å². The Kier molecular flexibility index (Phi) is 8.56. The number of benzene rings is 1. The third kappa shape index (κ3) is 5.88. The van der Waals surface area contributed by atoms with Crippen LogP contribution in [0.5, 0.6) is 11.5 Å². The Morgan fingerprint density at radius 2 is 2.04 bits per heavy atom. The Labute approximate surface area is 168 Å². The van der Waals surface area contributed by atoms with Crippen molar-refractivity contribution < 1.29 is 9.47 Å². The van der Waals surface area contributed by atoms with Gasteiger partial charge in [0.15, 0.2) is 11.5 Å². The highest BCUT2D eigenvalue weighted by atomic mass is 79.9. The molecule has 3 nitrogen and oxygen atoms in total. The molecule has 0 spiro atoms. The number of hydrogen-bond donors (Lipinski definition) is 1. The summed E-state index contributed by atoms with van der Waals surface area (Å²) in [4.78, 5) is 1.20. The molecule has 0 aliphatic heterocycles. The molecule has 1 aromatic heterocycles. The Bertz CT molecular complexity index is 645. The zero-order chi connectivity index (χ0) is 16.8. The van der Waals surface area contributed by atoms with Crippen molar-refractivity contribution in [1.82, 2.24) is 5.32 Å². The molecule has 0 radical (unpaired) electrons. The molecule has 3 rings (SSSR count). The zero-order valence-corrected chi connectivity index (χ0v) is 17.6. The standard InChI is InChI=1S/C19H24BrNO2S.ClH/c1-22-18-11-14(12-21-15-6-3-2-4-7-15)10-17(20)19(18)23-13-16-8-5-9-24-16;/h5,8-11,15,21H,2-4,6-7,12-13H2,1H3;1H. The van der Waals surface area contributed by atoms with E-state index < -0.39 is 0 Å². The monoisotopic (exact) mass is 445 g/mol. The highest BCUT2D eigenvalue weighted by molar-refractivity contribution is 9.10. The van der Waals surface area contributed by atoms with Crippen molar-refractivity contribution in [2.75, 3.05) is 7.11 Å². The molecular weight excluding hydrogens is 422 g/mol. The van der Waals surface area contributed by atoms with Crippen molar-refractivity contribution in [1.29, 1.82) is 0 Å². The molecule has 1 aliphatic carbocycles. The highest BCUT2D eigenvalue weighted by Crippen LogP contribution is 2.37. The zero-order valence-electron chi connectivity index (χ0n) is 14.4. The fourth-order valence-electron chi connectivity index (χ4n) is 3.12. The molecule has 1 N–H and O–H groups in total. The number of nitrogens with one attached hydrogen (secondary N) is 1. The summed E-state index contributed by atoms with van der Waals surface area (Å²) in [6.45, 7) is 1.43. The van der Waals surface area contributed by atoms with E-state index in [9.17, 15) is 0 Å². The predicted molar refractivity (Wildman–Crippen MR) is 110 cm³/mol. The molecule has 1 aliphatic rings. The topological polar surface area (TPSA) is 30.5 Å². The molecule has 0 amide bonds. The lowest BCUT2D eigenvalue weighted by atomic mass is 9.95. The Morgan fingerprint density at radius 1 is 1.24 bits per heavy atom. The average Bonchev–Trinajstić information content (AvgIpc) is 3.13. The smallest absolute Gasteiger partial charge is 0.175 e. The molecule has 0 saturated heterocycles. The van der Waals surface area contributed by atoms with Crippen LogP contribution >= 0.6 is 39.7 Å². The van der Waals surface area contributed by atoms with Gasteiger partial charge in [-0.2, -0.15) is 0 Å². The van der Waals surface area contributed by atoms with Gasteiger partial charge in [-0.25, -0.2) is 0 Å². The largest absolute Gasteiger partial charge is 0.493 e. The van der Waals surface area contributed by atoms with Gasteiger partial charge in [-0.15, -0.1) is 23.7 Å². The molecule has 0 unspecified atom stereocenters. The van der Waals surface area contributed by atoms with Gasteiger partial charge in [-0.1, -0.05) is 25.3 Å². The molecule has 0 atom stereocenters. The van der Waals surface area contributed by atoms with E-state index in [1.807, 2.05) is 6.07 Å². The minimum atomic E-state index is 0. The van der Waals surface area contributed by atoms with Gasteiger partial charge >= 0.3 is 0 Å². The minimum Gasteiger partial charge on any atom is -0.493 e. The van der Waals surface area contributed by atoms with E-state index in [-0.39, 0.29) is 12.4 Å².